The number of halogens is 3. The zero-order valence-electron chi connectivity index (χ0n) is 13.4. The number of alkyl halides is 3. The quantitative estimate of drug-likeness (QED) is 0.574. The lowest BCUT2D eigenvalue weighted by Gasteiger charge is -2.10. The van der Waals surface area contributed by atoms with Gasteiger partial charge in [0.15, 0.2) is 10.7 Å². The van der Waals surface area contributed by atoms with Gasteiger partial charge >= 0.3 is 5.97 Å². The van der Waals surface area contributed by atoms with Gasteiger partial charge in [-0.2, -0.15) is 0 Å². The Balaban J connectivity index is 1.99. The van der Waals surface area contributed by atoms with Crippen molar-refractivity contribution < 1.29 is 19.1 Å². The normalized spacial score (nSPS) is 11.1. The Morgan fingerprint density at radius 1 is 1.19 bits per heavy atom. The molecule has 0 saturated carbocycles. The molecule has 1 aromatic carbocycles. The molecule has 0 bridgehead atoms. The molecule has 2 rings (SSSR count). The van der Waals surface area contributed by atoms with E-state index in [1.54, 1.807) is 31.2 Å². The maximum atomic E-state index is 12.2. The minimum atomic E-state index is -1.75. The fraction of sp³-hybridized carbons (Fsp3) is 0.250. The van der Waals surface area contributed by atoms with E-state index in [4.69, 9.17) is 39.5 Å². The van der Waals surface area contributed by atoms with Crippen molar-refractivity contribution >= 4 is 63.9 Å². The molecule has 0 atom stereocenters. The van der Waals surface area contributed by atoms with Crippen LogP contribution in [-0.4, -0.2) is 33.2 Å². The summed E-state index contributed by atoms with van der Waals surface area (Å²) < 4.78 is 3.09. The lowest BCUT2D eigenvalue weighted by molar-refractivity contribution is -0.119. The van der Waals surface area contributed by atoms with Crippen LogP contribution >= 0.6 is 46.1 Å². The number of aryl methyl sites for hydroxylation is 1. The molecule has 0 spiro atoms. The molecular weight excluding hydrogens is 423 g/mol. The average Bonchev–Trinajstić information content (AvgIpc) is 2.95. The molecule has 138 valence electrons. The van der Waals surface area contributed by atoms with E-state index in [-0.39, 0.29) is 17.1 Å². The number of nitrogens with zero attached hydrogens (tertiary/aromatic N) is 1. The molecule has 1 aromatic heterocycles. The largest absolute Gasteiger partial charge is 0.456 e. The molecule has 0 unspecified atom stereocenters. The Bertz CT molecular complexity index is 819. The number of aromatic nitrogens is 1. The first kappa shape index (κ1) is 20.6. The van der Waals surface area contributed by atoms with Crippen LogP contribution in [0.2, 0.25) is 0 Å². The van der Waals surface area contributed by atoms with Gasteiger partial charge in [0, 0.05) is 4.88 Å². The number of nitrogens with one attached hydrogen (secondary N) is 1. The van der Waals surface area contributed by atoms with Crippen LogP contribution in [0.4, 0.5) is 0 Å². The molecule has 2 amide bonds. The number of amides is 2. The van der Waals surface area contributed by atoms with Crippen LogP contribution in [0.1, 0.15) is 30.7 Å². The molecule has 0 aliphatic heterocycles. The van der Waals surface area contributed by atoms with Crippen LogP contribution in [0.5, 0.6) is 0 Å². The van der Waals surface area contributed by atoms with Crippen molar-refractivity contribution in [3.63, 3.8) is 0 Å². The molecule has 0 aliphatic rings. The number of carbonyl (C=O) groups is 3. The highest BCUT2D eigenvalue weighted by Gasteiger charge is 2.26. The minimum absolute atomic E-state index is 0.0373. The van der Waals surface area contributed by atoms with E-state index in [0.717, 1.165) is 16.9 Å². The fourth-order valence-corrected chi connectivity index (χ4v) is 2.86. The molecular formula is C16H13Cl3N2O4S. The van der Waals surface area contributed by atoms with Crippen LogP contribution < -0.4 is 5.32 Å². The van der Waals surface area contributed by atoms with Crippen molar-refractivity contribution in [2.45, 2.75) is 17.1 Å². The van der Waals surface area contributed by atoms with Gasteiger partial charge in [-0.1, -0.05) is 65.1 Å². The van der Waals surface area contributed by atoms with E-state index in [0.29, 0.717) is 4.88 Å². The Labute approximate surface area is 168 Å². The summed E-state index contributed by atoms with van der Waals surface area (Å²) in [4.78, 5) is 40.4. The standard InChI is InChI=1S/C16H13Cl3N2O4S/c1-9-12(15(24)25-8-16(17,18)19)21-14(26-9)13(23)20-11(22)7-10-5-3-2-4-6-10/h2-6H,7-8H2,1H3,(H,20,22,23). The molecule has 26 heavy (non-hydrogen) atoms. The first-order chi connectivity index (χ1) is 12.2. The number of thiazole rings is 1. The van der Waals surface area contributed by atoms with Gasteiger partial charge in [0.1, 0.15) is 6.61 Å². The third-order valence-corrected chi connectivity index (χ3v) is 4.31. The van der Waals surface area contributed by atoms with Gasteiger partial charge in [-0.3, -0.25) is 14.9 Å². The van der Waals surface area contributed by atoms with Crippen molar-refractivity contribution in [3.8, 4) is 0 Å². The van der Waals surface area contributed by atoms with E-state index >= 15 is 0 Å². The zero-order valence-corrected chi connectivity index (χ0v) is 16.5. The third kappa shape index (κ3) is 6.25. The topological polar surface area (TPSA) is 85.4 Å². The highest BCUT2D eigenvalue weighted by Crippen LogP contribution is 2.27. The van der Waals surface area contributed by atoms with E-state index in [9.17, 15) is 14.4 Å². The fourth-order valence-electron chi connectivity index (χ4n) is 1.90. The van der Waals surface area contributed by atoms with E-state index in [1.807, 2.05) is 6.07 Å². The van der Waals surface area contributed by atoms with Crippen LogP contribution in [0.15, 0.2) is 30.3 Å². The number of hydrogen-bond acceptors (Lipinski definition) is 6. The summed E-state index contributed by atoms with van der Waals surface area (Å²) in [6, 6.07) is 8.97. The summed E-state index contributed by atoms with van der Waals surface area (Å²) in [5.74, 6) is -1.99. The van der Waals surface area contributed by atoms with Crippen molar-refractivity contribution in [1.82, 2.24) is 10.3 Å². The van der Waals surface area contributed by atoms with Crippen molar-refractivity contribution in [2.75, 3.05) is 6.61 Å². The van der Waals surface area contributed by atoms with Gasteiger partial charge in [0.2, 0.25) is 9.70 Å². The van der Waals surface area contributed by atoms with E-state index < -0.39 is 28.2 Å². The van der Waals surface area contributed by atoms with Gasteiger partial charge in [-0.25, -0.2) is 9.78 Å². The van der Waals surface area contributed by atoms with E-state index in [2.05, 4.69) is 10.3 Å². The Hall–Kier alpha value is -1.67. The molecule has 1 heterocycles. The summed E-state index contributed by atoms with van der Waals surface area (Å²) in [7, 11) is 0. The maximum absolute atomic E-state index is 12.2. The second kappa shape index (κ2) is 8.81. The summed E-state index contributed by atoms with van der Waals surface area (Å²) >= 11 is 17.5. The Morgan fingerprint density at radius 3 is 2.46 bits per heavy atom. The Morgan fingerprint density at radius 2 is 1.85 bits per heavy atom. The van der Waals surface area contributed by atoms with Crippen molar-refractivity contribution in [2.24, 2.45) is 0 Å². The molecule has 0 saturated heterocycles. The summed E-state index contributed by atoms with van der Waals surface area (Å²) in [5.41, 5.74) is 0.703. The number of esters is 1. The lowest BCUT2D eigenvalue weighted by Crippen LogP contribution is -2.31. The molecule has 2 aromatic rings. The molecule has 0 fully saturated rings. The Kier molecular flexibility index (Phi) is 7.00. The molecule has 10 heteroatoms. The molecule has 6 nitrogen and oxygen atoms in total. The van der Waals surface area contributed by atoms with Gasteiger partial charge in [0.25, 0.3) is 5.91 Å². The van der Waals surface area contributed by atoms with Gasteiger partial charge in [-0.05, 0) is 12.5 Å². The molecule has 0 aliphatic carbocycles. The monoisotopic (exact) mass is 434 g/mol. The van der Waals surface area contributed by atoms with Crippen molar-refractivity contribution in [1.29, 1.82) is 0 Å². The minimum Gasteiger partial charge on any atom is -0.456 e. The first-order valence-electron chi connectivity index (χ1n) is 7.25. The number of benzene rings is 1. The number of hydrogen-bond donors (Lipinski definition) is 1. The SMILES string of the molecule is Cc1sc(C(=O)NC(=O)Cc2ccccc2)nc1C(=O)OCC(Cl)(Cl)Cl. The molecule has 1 N–H and O–H groups in total. The number of ether oxygens (including phenoxy) is 1. The highest BCUT2D eigenvalue weighted by atomic mass is 35.6. The summed E-state index contributed by atoms with van der Waals surface area (Å²) in [6.07, 6.45) is 0.0507. The predicted octanol–water partition coefficient (Wildman–Crippen LogP) is 3.48. The molecule has 0 radical (unpaired) electrons. The van der Waals surface area contributed by atoms with Crippen LogP contribution in [0.3, 0.4) is 0 Å². The second-order valence-corrected chi connectivity index (χ2v) is 8.87. The number of carbonyl (C=O) groups excluding carboxylic acids is 3. The predicted molar refractivity (Wildman–Crippen MR) is 100 cm³/mol. The number of rotatable bonds is 5. The van der Waals surface area contributed by atoms with Crippen LogP contribution in [0.25, 0.3) is 0 Å². The smallest absolute Gasteiger partial charge is 0.358 e. The first-order valence-corrected chi connectivity index (χ1v) is 9.20. The van der Waals surface area contributed by atoms with Crippen LogP contribution in [-0.2, 0) is 16.0 Å². The van der Waals surface area contributed by atoms with Gasteiger partial charge < -0.3 is 4.74 Å². The van der Waals surface area contributed by atoms with Gasteiger partial charge in [-0.15, -0.1) is 11.3 Å². The number of imide groups is 1. The summed E-state index contributed by atoms with van der Waals surface area (Å²) in [5, 5.41) is 2.20. The second-order valence-electron chi connectivity index (χ2n) is 5.15. The summed E-state index contributed by atoms with van der Waals surface area (Å²) in [6.45, 7) is 1.14. The average molecular weight is 436 g/mol. The van der Waals surface area contributed by atoms with Gasteiger partial charge in [0.05, 0.1) is 6.42 Å². The van der Waals surface area contributed by atoms with E-state index in [1.165, 1.54) is 0 Å². The van der Waals surface area contributed by atoms with Crippen LogP contribution in [0, 0.1) is 6.92 Å². The maximum Gasteiger partial charge on any atom is 0.358 e. The zero-order chi connectivity index (χ0) is 19.3. The third-order valence-electron chi connectivity index (χ3n) is 3.01. The van der Waals surface area contributed by atoms with Crippen molar-refractivity contribution in [3.05, 3.63) is 51.5 Å². The lowest BCUT2D eigenvalue weighted by atomic mass is 10.1. The highest BCUT2D eigenvalue weighted by molar-refractivity contribution is 7.13.